The maximum atomic E-state index is 8.17. The van der Waals surface area contributed by atoms with Crippen molar-refractivity contribution in [2.24, 2.45) is 0 Å². The number of hydrogen-bond acceptors (Lipinski definition) is 1. The lowest BCUT2D eigenvalue weighted by atomic mass is 10.2. The standard InChI is InChI=1S/C14H10.H2OP/c1-3-7-13(8-4-1)11-12-14-9-5-2-6-10-14;1-2/h1-10H;2H2/q;+1. The maximum absolute atomic E-state index is 8.17. The molecule has 0 amide bonds. The molecule has 2 heteroatoms. The van der Waals surface area contributed by atoms with E-state index in [-0.39, 0.29) is 0 Å². The van der Waals surface area contributed by atoms with Crippen LogP contribution in [0.2, 0.25) is 0 Å². The molecule has 0 bridgehead atoms. The average Bonchev–Trinajstić information content (AvgIpc) is 2.41. The summed E-state index contributed by atoms with van der Waals surface area (Å²) in [4.78, 5) is 0. The van der Waals surface area contributed by atoms with Crippen molar-refractivity contribution >= 4 is 9.12 Å². The van der Waals surface area contributed by atoms with Gasteiger partial charge in [-0.25, -0.2) is 0 Å². The first-order valence-corrected chi connectivity index (χ1v) is 5.28. The van der Waals surface area contributed by atoms with Gasteiger partial charge in [0.1, 0.15) is 0 Å². The van der Waals surface area contributed by atoms with Gasteiger partial charge in [0, 0.05) is 11.1 Å². The van der Waals surface area contributed by atoms with Gasteiger partial charge in [-0.3, -0.25) is 0 Å². The van der Waals surface area contributed by atoms with E-state index in [9.17, 15) is 0 Å². The fraction of sp³-hybridized carbons (Fsp3) is 0. The molecule has 0 heterocycles. The quantitative estimate of drug-likeness (QED) is 0.498. The normalized spacial score (nSPS) is 8.00. The molecule has 78 valence electrons. The third-order valence-electron chi connectivity index (χ3n) is 1.90. The van der Waals surface area contributed by atoms with Crippen LogP contribution in [-0.4, -0.2) is 0 Å². The van der Waals surface area contributed by atoms with Crippen LogP contribution < -0.4 is 0 Å². The Morgan fingerprint density at radius 3 is 1.25 bits per heavy atom. The van der Waals surface area contributed by atoms with E-state index >= 15 is 0 Å². The van der Waals surface area contributed by atoms with Crippen molar-refractivity contribution in [3.8, 4) is 11.8 Å². The minimum absolute atomic E-state index is 1.05. The fourth-order valence-corrected chi connectivity index (χ4v) is 1.19. The summed E-state index contributed by atoms with van der Waals surface area (Å²) in [5.41, 5.74) is 2.10. The smallest absolute Gasteiger partial charge is 0.0801 e. The van der Waals surface area contributed by atoms with Gasteiger partial charge in [-0.1, -0.05) is 52.8 Å². The molecule has 0 spiro atoms. The summed E-state index contributed by atoms with van der Waals surface area (Å²) >= 11 is 0. The van der Waals surface area contributed by atoms with Crippen LogP contribution in [0.1, 0.15) is 11.1 Å². The van der Waals surface area contributed by atoms with Crippen LogP contribution in [0.25, 0.3) is 0 Å². The lowest BCUT2D eigenvalue weighted by molar-refractivity contribution is 0.607. The van der Waals surface area contributed by atoms with E-state index in [2.05, 4.69) is 11.8 Å². The molecule has 1 unspecified atom stereocenters. The van der Waals surface area contributed by atoms with Gasteiger partial charge in [0.2, 0.25) is 0 Å². The summed E-state index contributed by atoms with van der Waals surface area (Å²) in [6.45, 7) is 0. The van der Waals surface area contributed by atoms with Crippen LogP contribution >= 0.6 is 9.12 Å². The maximum Gasteiger partial charge on any atom is 0.310 e. The van der Waals surface area contributed by atoms with E-state index < -0.39 is 0 Å². The lowest BCUT2D eigenvalue weighted by Gasteiger charge is -1.88. The summed E-state index contributed by atoms with van der Waals surface area (Å²) in [5.74, 6) is 6.22. The van der Waals surface area contributed by atoms with Gasteiger partial charge in [0.25, 0.3) is 0 Å². The summed E-state index contributed by atoms with van der Waals surface area (Å²) in [6.07, 6.45) is 0. The molecular weight excluding hydrogens is 215 g/mol. The molecule has 2 rings (SSSR count). The van der Waals surface area contributed by atoms with Gasteiger partial charge in [0.15, 0.2) is 0 Å². The van der Waals surface area contributed by atoms with Crippen molar-refractivity contribution in [1.29, 1.82) is 0 Å². The molecule has 0 saturated carbocycles. The molecule has 0 N–H and O–H groups in total. The largest absolute Gasteiger partial charge is 0.310 e. The molecule has 0 aliphatic heterocycles. The molecule has 1 nitrogen and oxygen atoms in total. The predicted octanol–water partition coefficient (Wildman–Crippen LogP) is 3.29. The number of benzene rings is 2. The third kappa shape index (κ3) is 4.09. The van der Waals surface area contributed by atoms with Gasteiger partial charge in [-0.15, -0.1) is 0 Å². The molecule has 0 fully saturated rings. The second-order valence-corrected chi connectivity index (χ2v) is 2.98. The van der Waals surface area contributed by atoms with E-state index in [1.165, 1.54) is 9.12 Å². The van der Waals surface area contributed by atoms with Crippen molar-refractivity contribution in [3.63, 3.8) is 0 Å². The molecule has 0 aliphatic carbocycles. The Bertz CT molecular complexity index is 425. The van der Waals surface area contributed by atoms with E-state index in [1.54, 1.807) is 0 Å². The van der Waals surface area contributed by atoms with Crippen molar-refractivity contribution in [2.45, 2.75) is 0 Å². The van der Waals surface area contributed by atoms with Gasteiger partial charge in [-0.2, -0.15) is 0 Å². The van der Waals surface area contributed by atoms with Crippen LogP contribution in [0.5, 0.6) is 0 Å². The van der Waals surface area contributed by atoms with Gasteiger partial charge < -0.3 is 0 Å². The molecular formula is C14H12OP+. The molecule has 1 atom stereocenters. The average molecular weight is 227 g/mol. The second kappa shape index (κ2) is 7.40. The predicted molar refractivity (Wildman–Crippen MR) is 69.3 cm³/mol. The highest BCUT2D eigenvalue weighted by Gasteiger charge is 1.83. The van der Waals surface area contributed by atoms with Gasteiger partial charge in [0.05, 0.1) is 0 Å². The summed E-state index contributed by atoms with van der Waals surface area (Å²) in [7, 11) is 1.17. The SMILES string of the molecule is C(#Cc1ccccc1)c1ccccc1.O=[PH2+]. The lowest BCUT2D eigenvalue weighted by Crippen LogP contribution is -1.73. The minimum atomic E-state index is 1.05. The highest BCUT2D eigenvalue weighted by molar-refractivity contribution is 7.00. The fourth-order valence-electron chi connectivity index (χ4n) is 1.19. The van der Waals surface area contributed by atoms with Gasteiger partial charge in [-0.05, 0) is 24.3 Å². The van der Waals surface area contributed by atoms with Crippen LogP contribution in [0.15, 0.2) is 60.7 Å². The molecule has 0 saturated heterocycles. The van der Waals surface area contributed by atoms with Crippen LogP contribution in [-0.2, 0) is 4.57 Å². The Hall–Kier alpha value is -1.90. The molecule has 0 aliphatic rings. The van der Waals surface area contributed by atoms with E-state index in [1.807, 2.05) is 60.7 Å². The Morgan fingerprint density at radius 2 is 0.938 bits per heavy atom. The van der Waals surface area contributed by atoms with Crippen LogP contribution in [0, 0.1) is 11.8 Å². The van der Waals surface area contributed by atoms with Gasteiger partial charge >= 0.3 is 9.12 Å². The number of rotatable bonds is 0. The molecule has 2 aromatic rings. The van der Waals surface area contributed by atoms with Crippen molar-refractivity contribution in [1.82, 2.24) is 0 Å². The Labute approximate surface area is 97.8 Å². The Morgan fingerprint density at radius 1 is 0.625 bits per heavy atom. The molecule has 0 radical (unpaired) electrons. The minimum Gasteiger partial charge on any atom is -0.0801 e. The first kappa shape index (κ1) is 12.2. The first-order chi connectivity index (χ1) is 7.95. The Balaban J connectivity index is 0.000000606. The zero-order valence-electron chi connectivity index (χ0n) is 8.76. The van der Waals surface area contributed by atoms with E-state index in [4.69, 9.17) is 4.57 Å². The zero-order chi connectivity index (χ0) is 11.6. The summed E-state index contributed by atoms with van der Waals surface area (Å²) in [6, 6.07) is 20.0. The summed E-state index contributed by atoms with van der Waals surface area (Å²) < 4.78 is 8.17. The third-order valence-corrected chi connectivity index (χ3v) is 1.90. The van der Waals surface area contributed by atoms with Crippen LogP contribution in [0.4, 0.5) is 0 Å². The van der Waals surface area contributed by atoms with Crippen molar-refractivity contribution in [3.05, 3.63) is 71.8 Å². The molecule has 0 aromatic heterocycles. The highest BCUT2D eigenvalue weighted by atomic mass is 31.0. The monoisotopic (exact) mass is 227 g/mol. The first-order valence-electron chi connectivity index (χ1n) is 4.81. The van der Waals surface area contributed by atoms with E-state index in [0.29, 0.717) is 0 Å². The van der Waals surface area contributed by atoms with Crippen LogP contribution in [0.3, 0.4) is 0 Å². The van der Waals surface area contributed by atoms with E-state index in [0.717, 1.165) is 11.1 Å². The topological polar surface area (TPSA) is 17.1 Å². The van der Waals surface area contributed by atoms with Crippen molar-refractivity contribution < 1.29 is 4.57 Å². The molecule has 16 heavy (non-hydrogen) atoms. The summed E-state index contributed by atoms with van der Waals surface area (Å²) in [5, 5.41) is 0. The van der Waals surface area contributed by atoms with Crippen molar-refractivity contribution in [2.75, 3.05) is 0 Å². The number of hydrogen-bond donors (Lipinski definition) is 0. The highest BCUT2D eigenvalue weighted by Crippen LogP contribution is 1.98. The second-order valence-electron chi connectivity index (χ2n) is 2.98. The Kier molecular flexibility index (Phi) is 5.63. The molecule has 2 aromatic carbocycles. The zero-order valence-corrected chi connectivity index (χ0v) is 9.91.